The largest absolute Gasteiger partial charge is 0.343 e. The van der Waals surface area contributed by atoms with Gasteiger partial charge in [-0.2, -0.15) is 0 Å². The fraction of sp³-hybridized carbons (Fsp3) is 0.583. The molecule has 0 aliphatic rings. The number of likely N-dealkylation sites (N-methyl/N-ethyl adjacent to an activating group) is 1. The van der Waals surface area contributed by atoms with Crippen LogP contribution in [0, 0.1) is 0 Å². The Kier molecular flexibility index (Phi) is 5.49. The highest BCUT2D eigenvalue weighted by molar-refractivity contribution is 7.09. The molecule has 4 heteroatoms. The quantitative estimate of drug-likeness (QED) is 0.821. The van der Waals surface area contributed by atoms with E-state index >= 15 is 0 Å². The molecule has 0 saturated carbocycles. The standard InChI is InChI=1S/C12H20N2OS/c1-10(9-11-5-4-8-16-11)14(3)12(15)6-7-13-2/h4-5,8,10,13H,6-7,9H2,1-3H3. The van der Waals surface area contributed by atoms with Crippen LogP contribution in [-0.2, 0) is 11.2 Å². The summed E-state index contributed by atoms with van der Waals surface area (Å²) in [5.74, 6) is 0.207. The van der Waals surface area contributed by atoms with Gasteiger partial charge in [-0.3, -0.25) is 4.79 Å². The van der Waals surface area contributed by atoms with Gasteiger partial charge in [0.2, 0.25) is 5.91 Å². The third-order valence-corrected chi connectivity index (χ3v) is 3.62. The predicted molar refractivity (Wildman–Crippen MR) is 68.8 cm³/mol. The number of carbonyl (C=O) groups excluding carboxylic acids is 1. The summed E-state index contributed by atoms with van der Waals surface area (Å²) in [7, 11) is 3.75. The Hall–Kier alpha value is -0.870. The van der Waals surface area contributed by atoms with Gasteiger partial charge in [-0.1, -0.05) is 6.07 Å². The number of nitrogens with zero attached hydrogens (tertiary/aromatic N) is 1. The van der Waals surface area contributed by atoms with Crippen LogP contribution in [0.25, 0.3) is 0 Å². The second-order valence-electron chi connectivity index (χ2n) is 3.99. The van der Waals surface area contributed by atoms with Crippen molar-refractivity contribution in [1.82, 2.24) is 10.2 Å². The molecule has 0 spiro atoms. The van der Waals surface area contributed by atoms with Crippen LogP contribution < -0.4 is 5.32 Å². The van der Waals surface area contributed by atoms with Crippen LogP contribution in [0.3, 0.4) is 0 Å². The Morgan fingerprint density at radius 3 is 2.94 bits per heavy atom. The first-order valence-electron chi connectivity index (χ1n) is 5.57. The second-order valence-corrected chi connectivity index (χ2v) is 5.02. The molecular formula is C12H20N2OS. The predicted octanol–water partition coefficient (Wildman–Crippen LogP) is 1.75. The van der Waals surface area contributed by atoms with Gasteiger partial charge in [-0.15, -0.1) is 11.3 Å². The first-order valence-corrected chi connectivity index (χ1v) is 6.45. The van der Waals surface area contributed by atoms with E-state index in [-0.39, 0.29) is 11.9 Å². The van der Waals surface area contributed by atoms with E-state index in [1.807, 2.05) is 19.0 Å². The van der Waals surface area contributed by atoms with E-state index in [9.17, 15) is 4.79 Å². The zero-order valence-electron chi connectivity index (χ0n) is 10.2. The molecule has 90 valence electrons. The second kappa shape index (κ2) is 6.66. The monoisotopic (exact) mass is 240 g/mol. The van der Waals surface area contributed by atoms with Crippen molar-refractivity contribution in [1.29, 1.82) is 0 Å². The lowest BCUT2D eigenvalue weighted by Crippen LogP contribution is -2.37. The Bertz CT molecular complexity index is 311. The average molecular weight is 240 g/mol. The topological polar surface area (TPSA) is 32.3 Å². The van der Waals surface area contributed by atoms with E-state index in [1.54, 1.807) is 11.3 Å². The lowest BCUT2D eigenvalue weighted by atomic mass is 10.2. The van der Waals surface area contributed by atoms with Gasteiger partial charge in [0.05, 0.1) is 0 Å². The molecule has 0 aromatic carbocycles. The van der Waals surface area contributed by atoms with Crippen LogP contribution in [0.5, 0.6) is 0 Å². The summed E-state index contributed by atoms with van der Waals surface area (Å²) in [6, 6.07) is 4.44. The Morgan fingerprint density at radius 2 is 2.38 bits per heavy atom. The van der Waals surface area contributed by atoms with Crippen molar-refractivity contribution in [2.24, 2.45) is 0 Å². The van der Waals surface area contributed by atoms with Crippen molar-refractivity contribution < 1.29 is 4.79 Å². The van der Waals surface area contributed by atoms with Gasteiger partial charge in [-0.05, 0) is 25.4 Å². The minimum Gasteiger partial charge on any atom is -0.343 e. The summed E-state index contributed by atoms with van der Waals surface area (Å²) in [6.45, 7) is 2.84. The number of carbonyl (C=O) groups is 1. The third kappa shape index (κ3) is 3.94. The third-order valence-electron chi connectivity index (χ3n) is 2.72. The molecule has 1 aromatic rings. The number of rotatable bonds is 6. The molecule has 0 aliphatic carbocycles. The molecule has 0 bridgehead atoms. The molecule has 16 heavy (non-hydrogen) atoms. The van der Waals surface area contributed by atoms with Crippen molar-refractivity contribution in [2.75, 3.05) is 20.6 Å². The molecule has 1 rings (SSSR count). The van der Waals surface area contributed by atoms with Crippen molar-refractivity contribution in [3.63, 3.8) is 0 Å². The number of hydrogen-bond acceptors (Lipinski definition) is 3. The van der Waals surface area contributed by atoms with Crippen molar-refractivity contribution in [2.45, 2.75) is 25.8 Å². The molecule has 1 heterocycles. The van der Waals surface area contributed by atoms with E-state index in [1.165, 1.54) is 4.88 Å². The van der Waals surface area contributed by atoms with Gasteiger partial charge in [0, 0.05) is 37.4 Å². The first-order chi connectivity index (χ1) is 7.65. The van der Waals surface area contributed by atoms with Crippen LogP contribution in [0.4, 0.5) is 0 Å². The van der Waals surface area contributed by atoms with Crippen molar-refractivity contribution >= 4 is 17.2 Å². The minimum atomic E-state index is 0.207. The van der Waals surface area contributed by atoms with Crippen LogP contribution in [0.15, 0.2) is 17.5 Å². The number of amides is 1. The Balaban J connectivity index is 2.40. The zero-order valence-corrected chi connectivity index (χ0v) is 11.0. The van der Waals surface area contributed by atoms with E-state index < -0.39 is 0 Å². The van der Waals surface area contributed by atoms with Gasteiger partial charge in [0.25, 0.3) is 0 Å². The molecule has 0 fully saturated rings. The highest BCUT2D eigenvalue weighted by atomic mass is 32.1. The molecule has 1 atom stereocenters. The summed E-state index contributed by atoms with van der Waals surface area (Å²) in [6.07, 6.45) is 1.52. The number of thiophene rings is 1. The van der Waals surface area contributed by atoms with Crippen LogP contribution >= 0.6 is 11.3 Å². The smallest absolute Gasteiger partial charge is 0.223 e. The van der Waals surface area contributed by atoms with Crippen LogP contribution in [0.2, 0.25) is 0 Å². The normalized spacial score (nSPS) is 12.4. The SMILES string of the molecule is CNCCC(=O)N(C)C(C)Cc1cccs1. The molecule has 3 nitrogen and oxygen atoms in total. The molecule has 1 unspecified atom stereocenters. The lowest BCUT2D eigenvalue weighted by molar-refractivity contribution is -0.131. The van der Waals surface area contributed by atoms with Gasteiger partial charge >= 0.3 is 0 Å². The zero-order chi connectivity index (χ0) is 12.0. The molecule has 1 aromatic heterocycles. The number of nitrogens with one attached hydrogen (secondary N) is 1. The van der Waals surface area contributed by atoms with Crippen molar-refractivity contribution in [3.8, 4) is 0 Å². The Morgan fingerprint density at radius 1 is 1.62 bits per heavy atom. The van der Waals surface area contributed by atoms with Gasteiger partial charge in [-0.25, -0.2) is 0 Å². The highest BCUT2D eigenvalue weighted by Gasteiger charge is 2.15. The fourth-order valence-electron chi connectivity index (χ4n) is 1.51. The van der Waals surface area contributed by atoms with Gasteiger partial charge < -0.3 is 10.2 Å². The summed E-state index contributed by atoms with van der Waals surface area (Å²) in [5.41, 5.74) is 0. The van der Waals surface area contributed by atoms with Crippen molar-refractivity contribution in [3.05, 3.63) is 22.4 Å². The molecule has 0 radical (unpaired) electrons. The summed E-state index contributed by atoms with van der Waals surface area (Å²) in [4.78, 5) is 14.9. The van der Waals surface area contributed by atoms with E-state index in [4.69, 9.17) is 0 Å². The molecule has 1 N–H and O–H groups in total. The maximum Gasteiger partial charge on any atom is 0.223 e. The average Bonchev–Trinajstić information content (AvgIpc) is 2.77. The number of hydrogen-bond donors (Lipinski definition) is 1. The lowest BCUT2D eigenvalue weighted by Gasteiger charge is -2.24. The van der Waals surface area contributed by atoms with Crippen LogP contribution in [-0.4, -0.2) is 37.5 Å². The van der Waals surface area contributed by atoms with Gasteiger partial charge in [0.15, 0.2) is 0 Å². The molecule has 0 saturated heterocycles. The first kappa shape index (κ1) is 13.2. The summed E-state index contributed by atoms with van der Waals surface area (Å²) >= 11 is 1.75. The maximum atomic E-state index is 11.8. The maximum absolute atomic E-state index is 11.8. The van der Waals surface area contributed by atoms with E-state index in [0.29, 0.717) is 6.42 Å². The highest BCUT2D eigenvalue weighted by Crippen LogP contribution is 2.13. The van der Waals surface area contributed by atoms with E-state index in [0.717, 1.165) is 13.0 Å². The molecule has 1 amide bonds. The van der Waals surface area contributed by atoms with Gasteiger partial charge in [0.1, 0.15) is 0 Å². The Labute approximate surface area is 101 Å². The molecular weight excluding hydrogens is 220 g/mol. The van der Waals surface area contributed by atoms with E-state index in [2.05, 4.69) is 29.8 Å². The minimum absolute atomic E-state index is 0.207. The molecule has 0 aliphatic heterocycles. The fourth-order valence-corrected chi connectivity index (χ4v) is 2.34. The summed E-state index contributed by atoms with van der Waals surface area (Å²) in [5, 5.41) is 5.07. The van der Waals surface area contributed by atoms with Crippen LogP contribution in [0.1, 0.15) is 18.2 Å². The summed E-state index contributed by atoms with van der Waals surface area (Å²) < 4.78 is 0.